The SMILES string of the molecule is NC(=NCc1noc2c1CCCC2)N1CCSCC1. The molecule has 0 bridgehead atoms. The molecule has 3 rings (SSSR count). The second-order valence-corrected chi connectivity index (χ2v) is 6.24. The van der Waals surface area contributed by atoms with E-state index in [4.69, 9.17) is 10.3 Å². The van der Waals surface area contributed by atoms with Gasteiger partial charge in [-0.3, -0.25) is 0 Å². The molecule has 1 aliphatic heterocycles. The molecule has 2 N–H and O–H groups in total. The Balaban J connectivity index is 1.66. The van der Waals surface area contributed by atoms with Gasteiger partial charge in [-0.25, -0.2) is 4.99 Å². The van der Waals surface area contributed by atoms with Crippen molar-refractivity contribution >= 4 is 17.7 Å². The third-order valence-corrected chi connectivity index (χ3v) is 4.70. The Morgan fingerprint density at radius 2 is 2.11 bits per heavy atom. The highest BCUT2D eigenvalue weighted by atomic mass is 32.2. The summed E-state index contributed by atoms with van der Waals surface area (Å²) in [5.74, 6) is 3.97. The number of hydrogen-bond donors (Lipinski definition) is 1. The number of nitrogens with zero attached hydrogens (tertiary/aromatic N) is 3. The van der Waals surface area contributed by atoms with Crippen molar-refractivity contribution in [1.29, 1.82) is 0 Å². The lowest BCUT2D eigenvalue weighted by atomic mass is 9.96. The highest BCUT2D eigenvalue weighted by molar-refractivity contribution is 7.99. The molecule has 104 valence electrons. The summed E-state index contributed by atoms with van der Waals surface area (Å²) in [5.41, 5.74) is 8.30. The third-order valence-electron chi connectivity index (χ3n) is 3.76. The summed E-state index contributed by atoms with van der Waals surface area (Å²) in [6.45, 7) is 2.54. The first-order valence-electron chi connectivity index (χ1n) is 6.93. The van der Waals surface area contributed by atoms with Gasteiger partial charge in [0.15, 0.2) is 5.96 Å². The molecule has 0 radical (unpaired) electrons. The van der Waals surface area contributed by atoms with Crippen LogP contribution in [0.2, 0.25) is 0 Å². The molecule has 0 atom stereocenters. The van der Waals surface area contributed by atoms with Gasteiger partial charge in [-0.2, -0.15) is 11.8 Å². The topological polar surface area (TPSA) is 67.6 Å². The molecule has 19 heavy (non-hydrogen) atoms. The quantitative estimate of drug-likeness (QED) is 0.655. The minimum atomic E-state index is 0.550. The fraction of sp³-hybridized carbons (Fsp3) is 0.692. The summed E-state index contributed by atoms with van der Waals surface area (Å²) in [4.78, 5) is 6.64. The van der Waals surface area contributed by atoms with Gasteiger partial charge in [-0.15, -0.1) is 0 Å². The molecule has 0 unspecified atom stereocenters. The number of hydrogen-bond acceptors (Lipinski definition) is 4. The number of fused-ring (bicyclic) bond motifs is 1. The molecule has 5 nitrogen and oxygen atoms in total. The van der Waals surface area contributed by atoms with Crippen LogP contribution in [0.25, 0.3) is 0 Å². The summed E-state index contributed by atoms with van der Waals surface area (Å²) in [6, 6.07) is 0. The van der Waals surface area contributed by atoms with Crippen LogP contribution in [0.1, 0.15) is 29.9 Å². The van der Waals surface area contributed by atoms with Crippen molar-refractivity contribution in [3.63, 3.8) is 0 Å². The van der Waals surface area contributed by atoms with Crippen molar-refractivity contribution in [2.24, 2.45) is 10.7 Å². The lowest BCUT2D eigenvalue weighted by Gasteiger charge is -2.27. The Morgan fingerprint density at radius 3 is 2.95 bits per heavy atom. The van der Waals surface area contributed by atoms with Crippen LogP contribution in [0.4, 0.5) is 0 Å². The van der Waals surface area contributed by atoms with Crippen LogP contribution in [0, 0.1) is 0 Å². The average molecular weight is 280 g/mol. The van der Waals surface area contributed by atoms with Crippen LogP contribution < -0.4 is 5.73 Å². The fourth-order valence-corrected chi connectivity index (χ4v) is 3.52. The minimum Gasteiger partial charge on any atom is -0.370 e. The summed E-state index contributed by atoms with van der Waals surface area (Å²) >= 11 is 1.97. The van der Waals surface area contributed by atoms with E-state index in [0.717, 1.165) is 48.9 Å². The van der Waals surface area contributed by atoms with Crippen molar-refractivity contribution < 1.29 is 4.52 Å². The summed E-state index contributed by atoms with van der Waals surface area (Å²) in [7, 11) is 0. The average Bonchev–Trinajstić information content (AvgIpc) is 2.89. The van der Waals surface area contributed by atoms with Crippen LogP contribution in [0.5, 0.6) is 0 Å². The monoisotopic (exact) mass is 280 g/mol. The summed E-state index contributed by atoms with van der Waals surface area (Å²) in [6.07, 6.45) is 4.52. The molecule has 0 saturated carbocycles. The van der Waals surface area contributed by atoms with Gasteiger partial charge in [0, 0.05) is 36.6 Å². The van der Waals surface area contributed by atoms with Crippen LogP contribution >= 0.6 is 11.8 Å². The standard InChI is InChI=1S/C13H20N4OS/c14-13(17-5-7-19-8-6-17)15-9-11-10-3-1-2-4-12(10)18-16-11/h1-9H2,(H2,14,15). The van der Waals surface area contributed by atoms with E-state index in [2.05, 4.69) is 15.0 Å². The lowest BCUT2D eigenvalue weighted by Crippen LogP contribution is -2.42. The Morgan fingerprint density at radius 1 is 1.32 bits per heavy atom. The maximum absolute atomic E-state index is 6.05. The van der Waals surface area contributed by atoms with Crippen molar-refractivity contribution in [2.75, 3.05) is 24.6 Å². The van der Waals surface area contributed by atoms with Crippen molar-refractivity contribution in [3.8, 4) is 0 Å². The molecule has 1 aromatic heterocycles. The van der Waals surface area contributed by atoms with E-state index < -0.39 is 0 Å². The maximum atomic E-state index is 6.05. The van der Waals surface area contributed by atoms with Crippen molar-refractivity contribution in [3.05, 3.63) is 17.0 Å². The van der Waals surface area contributed by atoms with E-state index in [1.807, 2.05) is 11.8 Å². The zero-order valence-corrected chi connectivity index (χ0v) is 11.9. The van der Waals surface area contributed by atoms with E-state index in [1.165, 1.54) is 18.4 Å². The molecule has 0 spiro atoms. The predicted molar refractivity (Wildman–Crippen MR) is 77.4 cm³/mol. The largest absolute Gasteiger partial charge is 0.370 e. The number of aryl methyl sites for hydroxylation is 1. The van der Waals surface area contributed by atoms with Gasteiger partial charge in [0.1, 0.15) is 11.5 Å². The molecule has 6 heteroatoms. The first-order valence-corrected chi connectivity index (χ1v) is 8.09. The molecular formula is C13H20N4OS. The third kappa shape index (κ3) is 2.88. The van der Waals surface area contributed by atoms with Gasteiger partial charge in [0.25, 0.3) is 0 Å². The van der Waals surface area contributed by atoms with Crippen molar-refractivity contribution in [2.45, 2.75) is 32.2 Å². The van der Waals surface area contributed by atoms with E-state index in [-0.39, 0.29) is 0 Å². The molecular weight excluding hydrogens is 260 g/mol. The van der Waals surface area contributed by atoms with Gasteiger partial charge in [-0.1, -0.05) is 5.16 Å². The highest BCUT2D eigenvalue weighted by Crippen LogP contribution is 2.24. The summed E-state index contributed by atoms with van der Waals surface area (Å²) < 4.78 is 5.39. The normalized spacial score (nSPS) is 20.4. The van der Waals surface area contributed by atoms with E-state index in [0.29, 0.717) is 12.5 Å². The van der Waals surface area contributed by atoms with E-state index >= 15 is 0 Å². The van der Waals surface area contributed by atoms with Crippen LogP contribution in [-0.4, -0.2) is 40.6 Å². The Bertz CT molecular complexity index is 465. The second kappa shape index (κ2) is 5.86. The molecule has 1 aromatic rings. The highest BCUT2D eigenvalue weighted by Gasteiger charge is 2.19. The zero-order valence-electron chi connectivity index (χ0n) is 11.1. The number of nitrogens with two attached hydrogens (primary N) is 1. The van der Waals surface area contributed by atoms with Gasteiger partial charge in [0.05, 0.1) is 6.54 Å². The second-order valence-electron chi connectivity index (χ2n) is 5.01. The van der Waals surface area contributed by atoms with Crippen molar-refractivity contribution in [1.82, 2.24) is 10.1 Å². The molecule has 1 aliphatic carbocycles. The maximum Gasteiger partial charge on any atom is 0.191 e. The Hall–Kier alpha value is -1.17. The molecule has 0 amide bonds. The van der Waals surface area contributed by atoms with Gasteiger partial charge in [0.2, 0.25) is 0 Å². The number of aromatic nitrogens is 1. The Labute approximate surface area is 117 Å². The van der Waals surface area contributed by atoms with E-state index in [9.17, 15) is 0 Å². The molecule has 0 aromatic carbocycles. The molecule has 2 aliphatic rings. The number of rotatable bonds is 2. The smallest absolute Gasteiger partial charge is 0.191 e. The summed E-state index contributed by atoms with van der Waals surface area (Å²) in [5, 5.41) is 4.15. The first kappa shape index (κ1) is 12.8. The van der Waals surface area contributed by atoms with Gasteiger partial charge >= 0.3 is 0 Å². The number of aliphatic imine (C=N–C) groups is 1. The Kier molecular flexibility index (Phi) is 3.96. The fourth-order valence-electron chi connectivity index (χ4n) is 2.62. The van der Waals surface area contributed by atoms with Gasteiger partial charge < -0.3 is 15.2 Å². The van der Waals surface area contributed by atoms with Crippen LogP contribution in [0.15, 0.2) is 9.52 Å². The number of guanidine groups is 1. The molecule has 1 fully saturated rings. The van der Waals surface area contributed by atoms with Crippen LogP contribution in [0.3, 0.4) is 0 Å². The first-order chi connectivity index (χ1) is 9.34. The van der Waals surface area contributed by atoms with Crippen LogP contribution in [-0.2, 0) is 19.4 Å². The minimum absolute atomic E-state index is 0.550. The van der Waals surface area contributed by atoms with E-state index in [1.54, 1.807) is 0 Å². The predicted octanol–water partition coefficient (Wildman–Crippen LogP) is 1.42. The molecule has 1 saturated heterocycles. The lowest BCUT2D eigenvalue weighted by molar-refractivity contribution is 0.368. The number of thioether (sulfide) groups is 1. The van der Waals surface area contributed by atoms with Gasteiger partial charge in [-0.05, 0) is 19.3 Å². The molecule has 2 heterocycles. The zero-order chi connectivity index (χ0) is 13.1.